The van der Waals surface area contributed by atoms with E-state index < -0.39 is 29.9 Å². The number of nitrogens with one attached hydrogen (secondary N) is 2. The lowest BCUT2D eigenvalue weighted by atomic mass is 9.86. The summed E-state index contributed by atoms with van der Waals surface area (Å²) in [5, 5.41) is 10.6. The average molecular weight is 463 g/mol. The van der Waals surface area contributed by atoms with Gasteiger partial charge in [0.15, 0.2) is 5.82 Å². The van der Waals surface area contributed by atoms with Crippen molar-refractivity contribution in [2.24, 2.45) is 11.7 Å². The highest BCUT2D eigenvalue weighted by atomic mass is 19.3. The average Bonchev–Trinajstić information content (AvgIpc) is 3.63. The van der Waals surface area contributed by atoms with Crippen LogP contribution in [0.15, 0.2) is 29.2 Å². The molecule has 2 unspecified atom stereocenters. The standard InChI is InChI=1S/C22H28F2N6O3/c1-13(20(31)27-18-4-5-19(29-28-18)33-12-14-2-3-14)30-7-6-22(23,24)17(11-30)16-8-15(9-25)21(32)26-10-16/h4-5,8,10,13-14,17H,2-3,6-7,9,11-12,25H2,1H3,(H,26,32)(H,27,28,31). The van der Waals surface area contributed by atoms with Crippen LogP contribution in [-0.4, -0.2) is 57.6 Å². The third-order valence-corrected chi connectivity index (χ3v) is 6.27. The van der Waals surface area contributed by atoms with E-state index in [4.69, 9.17) is 10.5 Å². The highest BCUT2D eigenvalue weighted by molar-refractivity contribution is 5.93. The summed E-state index contributed by atoms with van der Waals surface area (Å²) in [6, 6.07) is 3.99. The molecule has 2 aromatic rings. The Hall–Kier alpha value is -2.92. The van der Waals surface area contributed by atoms with Crippen molar-refractivity contribution in [2.75, 3.05) is 25.0 Å². The summed E-state index contributed by atoms with van der Waals surface area (Å²) < 4.78 is 35.0. The number of amides is 1. The van der Waals surface area contributed by atoms with E-state index >= 15 is 0 Å². The Morgan fingerprint density at radius 3 is 2.85 bits per heavy atom. The Balaban J connectivity index is 1.40. The predicted molar refractivity (Wildman–Crippen MR) is 117 cm³/mol. The van der Waals surface area contributed by atoms with Crippen molar-refractivity contribution in [2.45, 2.75) is 50.6 Å². The Bertz CT molecular complexity index is 1040. The number of alkyl halides is 2. The minimum Gasteiger partial charge on any atom is -0.476 e. The quantitative estimate of drug-likeness (QED) is 0.547. The van der Waals surface area contributed by atoms with E-state index in [2.05, 4.69) is 20.5 Å². The summed E-state index contributed by atoms with van der Waals surface area (Å²) in [6.45, 7) is 2.24. The lowest BCUT2D eigenvalue weighted by molar-refractivity contribution is -0.125. The van der Waals surface area contributed by atoms with Gasteiger partial charge in [-0.15, -0.1) is 10.2 Å². The number of aromatic nitrogens is 3. The van der Waals surface area contributed by atoms with E-state index in [1.54, 1.807) is 24.0 Å². The number of anilines is 1. The molecule has 4 rings (SSSR count). The van der Waals surface area contributed by atoms with Crippen LogP contribution >= 0.6 is 0 Å². The molecule has 178 valence electrons. The fraction of sp³-hybridized carbons (Fsp3) is 0.545. The van der Waals surface area contributed by atoms with Crippen molar-refractivity contribution in [3.8, 4) is 5.88 Å². The molecule has 1 aliphatic heterocycles. The number of nitrogens with two attached hydrogens (primary N) is 1. The first kappa shape index (κ1) is 23.2. The van der Waals surface area contributed by atoms with Crippen molar-refractivity contribution >= 4 is 11.7 Å². The number of piperidine rings is 1. The molecule has 2 aromatic heterocycles. The first-order valence-corrected chi connectivity index (χ1v) is 11.1. The summed E-state index contributed by atoms with van der Waals surface area (Å²) in [7, 11) is 0. The Labute approximate surface area is 189 Å². The van der Waals surface area contributed by atoms with Crippen molar-refractivity contribution < 1.29 is 18.3 Å². The molecule has 9 nitrogen and oxygen atoms in total. The molecule has 0 spiro atoms. The third-order valence-electron chi connectivity index (χ3n) is 6.27. The molecular formula is C22H28F2N6O3. The molecule has 0 bridgehead atoms. The van der Waals surface area contributed by atoms with E-state index in [1.807, 2.05) is 0 Å². The molecule has 1 amide bonds. The predicted octanol–water partition coefficient (Wildman–Crippen LogP) is 1.86. The maximum absolute atomic E-state index is 14.7. The highest BCUT2D eigenvalue weighted by Gasteiger charge is 2.46. The zero-order valence-electron chi connectivity index (χ0n) is 18.4. The van der Waals surface area contributed by atoms with Crippen LogP contribution in [0, 0.1) is 5.92 Å². The van der Waals surface area contributed by atoms with Gasteiger partial charge in [0.1, 0.15) is 0 Å². The van der Waals surface area contributed by atoms with E-state index in [-0.39, 0.29) is 36.9 Å². The first-order valence-electron chi connectivity index (χ1n) is 11.1. The Morgan fingerprint density at radius 1 is 1.39 bits per heavy atom. The van der Waals surface area contributed by atoms with Gasteiger partial charge in [-0.05, 0) is 43.4 Å². The second-order valence-electron chi connectivity index (χ2n) is 8.73. The van der Waals surface area contributed by atoms with Crippen LogP contribution in [0.5, 0.6) is 5.88 Å². The lowest BCUT2D eigenvalue weighted by Gasteiger charge is -2.40. The fourth-order valence-corrected chi connectivity index (χ4v) is 3.88. The molecule has 11 heteroatoms. The van der Waals surface area contributed by atoms with Crippen molar-refractivity contribution in [1.82, 2.24) is 20.1 Å². The van der Waals surface area contributed by atoms with Gasteiger partial charge in [-0.3, -0.25) is 14.5 Å². The van der Waals surface area contributed by atoms with Crippen LogP contribution in [0.3, 0.4) is 0 Å². The normalized spacial score (nSPS) is 21.4. The number of carbonyl (C=O) groups is 1. The second kappa shape index (κ2) is 9.52. The number of hydrogen-bond acceptors (Lipinski definition) is 7. The molecule has 1 saturated heterocycles. The lowest BCUT2D eigenvalue weighted by Crippen LogP contribution is -2.52. The number of aromatic amines is 1. The number of halogens is 2. The number of carbonyl (C=O) groups excluding carboxylic acids is 1. The van der Waals surface area contributed by atoms with Crippen molar-refractivity contribution in [3.05, 3.63) is 45.9 Å². The first-order chi connectivity index (χ1) is 15.8. The molecule has 1 saturated carbocycles. The van der Waals surface area contributed by atoms with Crippen LogP contribution in [-0.2, 0) is 11.3 Å². The molecule has 0 aromatic carbocycles. The van der Waals surface area contributed by atoms with Crippen LogP contribution < -0.4 is 21.3 Å². The number of rotatable bonds is 8. The van der Waals surface area contributed by atoms with E-state index in [1.165, 1.54) is 25.1 Å². The largest absolute Gasteiger partial charge is 0.476 e. The molecule has 2 atom stereocenters. The topological polar surface area (TPSA) is 126 Å². The smallest absolute Gasteiger partial charge is 0.257 e. The maximum Gasteiger partial charge on any atom is 0.257 e. The molecule has 4 N–H and O–H groups in total. The summed E-state index contributed by atoms with van der Waals surface area (Å²) in [5.74, 6) is -3.27. The molecule has 0 radical (unpaired) electrons. The number of likely N-dealkylation sites (tertiary alicyclic amines) is 1. The summed E-state index contributed by atoms with van der Waals surface area (Å²) in [6.07, 6.45) is 3.23. The monoisotopic (exact) mass is 462 g/mol. The van der Waals surface area contributed by atoms with E-state index in [9.17, 15) is 18.4 Å². The minimum atomic E-state index is -2.97. The van der Waals surface area contributed by atoms with E-state index in [0.717, 1.165) is 0 Å². The van der Waals surface area contributed by atoms with Crippen LogP contribution in [0.4, 0.5) is 14.6 Å². The summed E-state index contributed by atoms with van der Waals surface area (Å²) in [4.78, 5) is 28.7. The molecular weight excluding hydrogens is 434 g/mol. The van der Waals surface area contributed by atoms with Gasteiger partial charge in [-0.25, -0.2) is 8.78 Å². The molecule has 1 aliphatic carbocycles. The van der Waals surface area contributed by atoms with Gasteiger partial charge in [-0.1, -0.05) is 0 Å². The number of pyridine rings is 1. The summed E-state index contributed by atoms with van der Waals surface area (Å²) in [5.41, 5.74) is 5.71. The van der Waals surface area contributed by atoms with Crippen molar-refractivity contribution in [3.63, 3.8) is 0 Å². The van der Waals surface area contributed by atoms with Gasteiger partial charge in [0.25, 0.3) is 11.5 Å². The molecule has 33 heavy (non-hydrogen) atoms. The molecule has 3 heterocycles. The number of nitrogens with zero attached hydrogens (tertiary/aromatic N) is 3. The number of H-pyrrole nitrogens is 1. The van der Waals surface area contributed by atoms with Gasteiger partial charge in [-0.2, -0.15) is 0 Å². The van der Waals surface area contributed by atoms with Gasteiger partial charge < -0.3 is 20.8 Å². The number of ether oxygens (including phenoxy) is 1. The minimum absolute atomic E-state index is 0.0444. The Kier molecular flexibility index (Phi) is 6.71. The summed E-state index contributed by atoms with van der Waals surface area (Å²) >= 11 is 0. The van der Waals surface area contributed by atoms with Gasteiger partial charge in [0.05, 0.1) is 18.6 Å². The SMILES string of the molecule is CC(C(=O)Nc1ccc(OCC2CC2)nn1)N1CCC(F)(F)C(c2c[nH]c(=O)c(CN)c2)C1. The van der Waals surface area contributed by atoms with Gasteiger partial charge >= 0.3 is 0 Å². The van der Waals surface area contributed by atoms with Crippen LogP contribution in [0.1, 0.15) is 43.2 Å². The second-order valence-corrected chi connectivity index (χ2v) is 8.73. The van der Waals surface area contributed by atoms with E-state index in [0.29, 0.717) is 24.0 Å². The third kappa shape index (κ3) is 5.53. The zero-order chi connectivity index (χ0) is 23.6. The van der Waals surface area contributed by atoms with Gasteiger partial charge in [0.2, 0.25) is 11.8 Å². The molecule has 2 fully saturated rings. The fourth-order valence-electron chi connectivity index (χ4n) is 3.88. The highest BCUT2D eigenvalue weighted by Crippen LogP contribution is 2.40. The zero-order valence-corrected chi connectivity index (χ0v) is 18.4. The van der Waals surface area contributed by atoms with Gasteiger partial charge in [0, 0.05) is 43.9 Å². The Morgan fingerprint density at radius 2 is 2.18 bits per heavy atom. The van der Waals surface area contributed by atoms with Crippen LogP contribution in [0.2, 0.25) is 0 Å². The number of hydrogen-bond donors (Lipinski definition) is 3. The maximum atomic E-state index is 14.7. The van der Waals surface area contributed by atoms with Crippen molar-refractivity contribution in [1.29, 1.82) is 0 Å². The van der Waals surface area contributed by atoms with Crippen LogP contribution in [0.25, 0.3) is 0 Å². The molecule has 2 aliphatic rings.